The zero-order valence-electron chi connectivity index (χ0n) is 24.5. The fourth-order valence-electron chi connectivity index (χ4n) is 6.02. The third kappa shape index (κ3) is 5.47. The molecule has 1 fully saturated rings. The van der Waals surface area contributed by atoms with E-state index in [9.17, 15) is 9.59 Å². The molecule has 43 heavy (non-hydrogen) atoms. The smallest absolute Gasteiger partial charge is 0.338 e. The van der Waals surface area contributed by atoms with Crippen LogP contribution >= 0.6 is 27.3 Å². The van der Waals surface area contributed by atoms with Crippen LogP contribution in [-0.2, 0) is 9.53 Å². The second-order valence-electron chi connectivity index (χ2n) is 10.7. The number of nitrogens with zero attached hydrogens (tertiary/aromatic N) is 3. The molecule has 2 aliphatic heterocycles. The fraction of sp³-hybridized carbons (Fsp3) is 0.364. The molecule has 0 radical (unpaired) electrons. The number of methoxy groups -OCH3 is 1. The summed E-state index contributed by atoms with van der Waals surface area (Å²) in [6.07, 6.45) is 6.58. The van der Waals surface area contributed by atoms with Gasteiger partial charge in [-0.3, -0.25) is 9.36 Å². The van der Waals surface area contributed by atoms with Gasteiger partial charge in [-0.1, -0.05) is 55.0 Å². The number of hydrogen-bond acceptors (Lipinski definition) is 8. The van der Waals surface area contributed by atoms with Crippen LogP contribution in [0.25, 0.3) is 16.8 Å². The lowest BCUT2D eigenvalue weighted by Crippen LogP contribution is -2.40. The minimum Gasteiger partial charge on any atom is -0.496 e. The third-order valence-corrected chi connectivity index (χ3v) is 9.47. The highest BCUT2D eigenvalue weighted by Gasteiger charge is 2.37. The topological polar surface area (TPSA) is 86.3 Å². The molecule has 4 aromatic rings. The number of piperidine rings is 1. The summed E-state index contributed by atoms with van der Waals surface area (Å²) in [5, 5.41) is 1.87. The predicted molar refractivity (Wildman–Crippen MR) is 173 cm³/mol. The Labute approximate surface area is 262 Å². The fourth-order valence-corrected chi connectivity index (χ4v) is 7.58. The molecule has 2 aliphatic rings. The first-order chi connectivity index (χ1) is 20.9. The Kier molecular flexibility index (Phi) is 8.59. The monoisotopic (exact) mass is 663 g/mol. The van der Waals surface area contributed by atoms with E-state index in [4.69, 9.17) is 18.9 Å². The van der Waals surface area contributed by atoms with Crippen molar-refractivity contribution in [1.82, 2.24) is 4.57 Å². The number of ether oxygens (including phenoxy) is 2. The van der Waals surface area contributed by atoms with Crippen LogP contribution < -0.4 is 24.5 Å². The lowest BCUT2D eigenvalue weighted by molar-refractivity contribution is -0.139. The number of esters is 1. The van der Waals surface area contributed by atoms with Gasteiger partial charge in [0, 0.05) is 30.8 Å². The molecule has 0 spiro atoms. The van der Waals surface area contributed by atoms with E-state index in [-0.39, 0.29) is 12.2 Å². The lowest BCUT2D eigenvalue weighted by Gasteiger charge is -2.28. The van der Waals surface area contributed by atoms with Crippen molar-refractivity contribution >= 4 is 56.0 Å². The largest absolute Gasteiger partial charge is 0.496 e. The van der Waals surface area contributed by atoms with Gasteiger partial charge >= 0.3 is 5.97 Å². The van der Waals surface area contributed by atoms with Crippen molar-refractivity contribution in [2.24, 2.45) is 4.99 Å². The predicted octanol–water partition coefficient (Wildman–Crippen LogP) is 6.09. The molecule has 1 atom stereocenters. The van der Waals surface area contributed by atoms with Crippen molar-refractivity contribution in [3.05, 3.63) is 89.2 Å². The van der Waals surface area contributed by atoms with Crippen LogP contribution in [0.3, 0.4) is 0 Å². The van der Waals surface area contributed by atoms with Gasteiger partial charge in [0.25, 0.3) is 5.56 Å². The molecule has 10 heteroatoms. The van der Waals surface area contributed by atoms with Crippen LogP contribution in [0.1, 0.15) is 63.3 Å². The number of rotatable bonds is 8. The van der Waals surface area contributed by atoms with E-state index in [0.29, 0.717) is 38.5 Å². The van der Waals surface area contributed by atoms with Crippen LogP contribution in [0.2, 0.25) is 0 Å². The van der Waals surface area contributed by atoms with Gasteiger partial charge in [-0.05, 0) is 65.4 Å². The first-order valence-electron chi connectivity index (χ1n) is 14.8. The highest BCUT2D eigenvalue weighted by atomic mass is 79.9. The molecular weight excluding hydrogens is 630 g/mol. The van der Waals surface area contributed by atoms with Crippen molar-refractivity contribution in [3.8, 4) is 5.75 Å². The van der Waals surface area contributed by atoms with Crippen molar-refractivity contribution in [2.45, 2.75) is 52.0 Å². The number of furan rings is 1. The zero-order valence-corrected chi connectivity index (χ0v) is 26.9. The number of anilines is 1. The minimum absolute atomic E-state index is 0.207. The van der Waals surface area contributed by atoms with E-state index in [0.717, 1.165) is 59.0 Å². The molecule has 2 aromatic heterocycles. The van der Waals surface area contributed by atoms with Gasteiger partial charge in [-0.15, -0.1) is 0 Å². The van der Waals surface area contributed by atoms with Crippen LogP contribution in [0.15, 0.2) is 72.4 Å². The minimum atomic E-state index is -0.785. The number of carbonyl (C=O) groups is 1. The highest BCUT2D eigenvalue weighted by molar-refractivity contribution is 9.10. The average molecular weight is 665 g/mol. The Hall–Kier alpha value is -3.63. The molecule has 0 amide bonds. The van der Waals surface area contributed by atoms with Gasteiger partial charge in [-0.2, -0.15) is 0 Å². The van der Waals surface area contributed by atoms with Gasteiger partial charge in [0.2, 0.25) is 5.88 Å². The highest BCUT2D eigenvalue weighted by Crippen LogP contribution is 2.41. The number of thiazole rings is 1. The van der Waals surface area contributed by atoms with E-state index in [1.807, 2.05) is 49.4 Å². The molecule has 0 aliphatic carbocycles. The lowest BCUT2D eigenvalue weighted by atomic mass is 9.90. The van der Waals surface area contributed by atoms with Gasteiger partial charge < -0.3 is 18.8 Å². The number of fused-ring (bicyclic) bond motifs is 2. The summed E-state index contributed by atoms with van der Waals surface area (Å²) in [6.45, 7) is 5.91. The van der Waals surface area contributed by atoms with E-state index < -0.39 is 12.0 Å². The number of carbonyl (C=O) groups excluding carboxylic acids is 1. The van der Waals surface area contributed by atoms with E-state index in [2.05, 4.69) is 20.8 Å². The quantitative estimate of drug-likeness (QED) is 0.212. The van der Waals surface area contributed by atoms with Crippen LogP contribution in [0, 0.1) is 0 Å². The molecule has 0 saturated carbocycles. The van der Waals surface area contributed by atoms with Gasteiger partial charge in [-0.25, -0.2) is 9.79 Å². The average Bonchev–Trinajstić information content (AvgIpc) is 3.54. The summed E-state index contributed by atoms with van der Waals surface area (Å²) in [4.78, 5) is 35.7. The van der Waals surface area contributed by atoms with Gasteiger partial charge in [0.15, 0.2) is 4.80 Å². The molecule has 0 N–H and O–H groups in total. The van der Waals surface area contributed by atoms with Crippen molar-refractivity contribution in [3.63, 3.8) is 0 Å². The third-order valence-electron chi connectivity index (χ3n) is 7.92. The number of allylic oxidation sites excluding steroid dienone is 1. The van der Waals surface area contributed by atoms with Crippen molar-refractivity contribution < 1.29 is 18.7 Å². The summed E-state index contributed by atoms with van der Waals surface area (Å²) in [5.41, 5.74) is 1.47. The maximum atomic E-state index is 14.3. The van der Waals surface area contributed by atoms with Crippen LogP contribution in [-0.4, -0.2) is 37.3 Å². The Balaban J connectivity index is 1.59. The number of benzene rings is 2. The normalized spacial score (nSPS) is 17.3. The van der Waals surface area contributed by atoms with E-state index >= 15 is 0 Å². The number of halogens is 1. The Bertz CT molecular complexity index is 1900. The maximum Gasteiger partial charge on any atom is 0.338 e. The first kappa shape index (κ1) is 29.4. The second-order valence-corrected chi connectivity index (χ2v) is 12.5. The Morgan fingerprint density at radius 3 is 2.70 bits per heavy atom. The molecule has 0 unspecified atom stereocenters. The van der Waals surface area contributed by atoms with Crippen LogP contribution in [0.5, 0.6) is 5.75 Å². The van der Waals surface area contributed by atoms with Gasteiger partial charge in [0.1, 0.15) is 17.6 Å². The molecule has 4 heterocycles. The summed E-state index contributed by atoms with van der Waals surface area (Å²) >= 11 is 4.95. The molecule has 6 rings (SSSR count). The van der Waals surface area contributed by atoms with Gasteiger partial charge in [0.05, 0.1) is 34.0 Å². The molecule has 8 nitrogen and oxygen atoms in total. The molecule has 224 valence electrons. The molecule has 1 saturated heterocycles. The molecule has 0 bridgehead atoms. The second kappa shape index (κ2) is 12.5. The van der Waals surface area contributed by atoms with E-state index in [1.165, 1.54) is 17.8 Å². The number of aromatic nitrogens is 1. The molecular formula is C33H34BrN3O5S. The number of hydrogen-bond donors (Lipinski definition) is 0. The molecule has 2 aromatic carbocycles. The van der Waals surface area contributed by atoms with Crippen molar-refractivity contribution in [2.75, 3.05) is 31.7 Å². The Morgan fingerprint density at radius 1 is 1.16 bits per heavy atom. The Morgan fingerprint density at radius 2 is 1.95 bits per heavy atom. The van der Waals surface area contributed by atoms with Crippen LogP contribution in [0.4, 0.5) is 5.88 Å². The van der Waals surface area contributed by atoms with Crippen molar-refractivity contribution in [1.29, 1.82) is 0 Å². The SMILES string of the molecule is CCCC1=C(C(=O)OCC)[C@H](c2c(OC)ccc3ccccc23)n2c(s/c(=C/c3cc(Br)c(N4CCCCC4)o3)c2=O)=N1. The maximum absolute atomic E-state index is 14.3. The van der Waals surface area contributed by atoms with E-state index in [1.54, 1.807) is 24.7 Å². The summed E-state index contributed by atoms with van der Waals surface area (Å²) in [6, 6.07) is 12.9. The summed E-state index contributed by atoms with van der Waals surface area (Å²) in [7, 11) is 1.60. The standard InChI is InChI=1S/C33H34BrN3O5S/c1-4-11-24-28(32(39)41-5-2)29(27-22-13-8-7-12-20(22)14-15-25(27)40-3)37-30(38)26(43-33(37)35-24)19-21-18-23(34)31(42-21)36-16-9-6-10-17-36/h7-8,12-15,18-19,29H,4-6,9-11,16-17H2,1-3H3/b26-19+/t29-/m0/s1. The summed E-state index contributed by atoms with van der Waals surface area (Å²) < 4.78 is 20.7. The summed E-state index contributed by atoms with van der Waals surface area (Å²) in [5.74, 6) is 1.46. The first-order valence-corrected chi connectivity index (χ1v) is 16.4. The zero-order chi connectivity index (χ0) is 30.1.